The van der Waals surface area contributed by atoms with Gasteiger partial charge in [0.25, 0.3) is 11.5 Å². The van der Waals surface area contributed by atoms with Crippen LogP contribution in [0, 0.1) is 6.92 Å². The molecule has 0 bridgehead atoms. The van der Waals surface area contributed by atoms with E-state index in [4.69, 9.17) is 9.97 Å². The fourth-order valence-corrected chi connectivity index (χ4v) is 6.99. The maximum Gasteiger partial charge on any atom is 0.266 e. The molecule has 3 aromatic heterocycles. The van der Waals surface area contributed by atoms with Crippen LogP contribution in [0.4, 0.5) is 10.8 Å². The van der Waals surface area contributed by atoms with E-state index in [1.54, 1.807) is 11.3 Å². The van der Waals surface area contributed by atoms with Crippen molar-refractivity contribution in [3.63, 3.8) is 0 Å². The van der Waals surface area contributed by atoms with Gasteiger partial charge in [0.15, 0.2) is 5.13 Å². The molecule has 33 heavy (non-hydrogen) atoms. The minimum atomic E-state index is -0.196. The standard InChI is InChI=1S/C24H25N5O2S2/c1-14-19-22(27-18-7-3-2-4-12-29(18)23(19)31)33-20(14)21(30)25-15-8-9-16-17(13-15)32-24(26-16)28-10-5-6-11-28/h8-9,13H,2-7,10-12H2,1H3,(H,25,30). The molecule has 2 aliphatic heterocycles. The quantitative estimate of drug-likeness (QED) is 0.449. The number of hydrogen-bond donors (Lipinski definition) is 1. The monoisotopic (exact) mass is 479 g/mol. The normalized spacial score (nSPS) is 16.3. The summed E-state index contributed by atoms with van der Waals surface area (Å²) in [6.07, 6.45) is 6.41. The zero-order valence-corrected chi connectivity index (χ0v) is 20.2. The van der Waals surface area contributed by atoms with Crippen molar-refractivity contribution >= 4 is 59.8 Å². The summed E-state index contributed by atoms with van der Waals surface area (Å²) in [5.74, 6) is 0.654. The molecule has 1 saturated heterocycles. The number of carbonyl (C=O) groups excluding carboxylic acids is 1. The van der Waals surface area contributed by atoms with Crippen LogP contribution >= 0.6 is 22.7 Å². The van der Waals surface area contributed by atoms with E-state index >= 15 is 0 Å². The van der Waals surface area contributed by atoms with E-state index in [2.05, 4.69) is 10.2 Å². The summed E-state index contributed by atoms with van der Waals surface area (Å²) in [4.78, 5) is 39.5. The van der Waals surface area contributed by atoms with Gasteiger partial charge in [-0.25, -0.2) is 9.97 Å². The van der Waals surface area contributed by atoms with Crippen LogP contribution in [0.15, 0.2) is 23.0 Å². The Kier molecular flexibility index (Phi) is 5.18. The van der Waals surface area contributed by atoms with E-state index in [1.807, 2.05) is 29.7 Å². The molecule has 5 heterocycles. The van der Waals surface area contributed by atoms with Gasteiger partial charge in [-0.05, 0) is 56.4 Å². The van der Waals surface area contributed by atoms with Crippen molar-refractivity contribution in [2.24, 2.45) is 0 Å². The number of hydrogen-bond acceptors (Lipinski definition) is 7. The van der Waals surface area contributed by atoms with Crippen LogP contribution in [0.25, 0.3) is 20.4 Å². The Labute approximate surface area is 199 Å². The number of carbonyl (C=O) groups is 1. The van der Waals surface area contributed by atoms with Gasteiger partial charge in [0, 0.05) is 31.7 Å². The molecule has 2 aliphatic rings. The Balaban J connectivity index is 1.31. The lowest BCUT2D eigenvalue weighted by Crippen LogP contribution is -2.24. The Hall–Kier alpha value is -2.78. The van der Waals surface area contributed by atoms with Crippen LogP contribution in [0.2, 0.25) is 0 Å². The van der Waals surface area contributed by atoms with Gasteiger partial charge in [-0.2, -0.15) is 0 Å². The molecular weight excluding hydrogens is 454 g/mol. The van der Waals surface area contributed by atoms with Crippen LogP contribution in [0.5, 0.6) is 0 Å². The van der Waals surface area contributed by atoms with Crippen LogP contribution in [-0.4, -0.2) is 33.5 Å². The Morgan fingerprint density at radius 2 is 1.85 bits per heavy atom. The van der Waals surface area contributed by atoms with Gasteiger partial charge >= 0.3 is 0 Å². The highest BCUT2D eigenvalue weighted by Crippen LogP contribution is 2.33. The van der Waals surface area contributed by atoms with Crippen molar-refractivity contribution in [1.82, 2.24) is 14.5 Å². The molecule has 0 unspecified atom stereocenters. The third kappa shape index (κ3) is 3.63. The van der Waals surface area contributed by atoms with E-state index in [1.165, 1.54) is 24.2 Å². The molecule has 6 rings (SSSR count). The van der Waals surface area contributed by atoms with Crippen LogP contribution in [0.3, 0.4) is 0 Å². The minimum absolute atomic E-state index is 0.00905. The molecule has 0 spiro atoms. The molecule has 9 heteroatoms. The van der Waals surface area contributed by atoms with E-state index in [0.717, 1.165) is 71.2 Å². The molecular formula is C24H25N5O2S2. The molecule has 1 fully saturated rings. The first-order chi connectivity index (χ1) is 16.1. The van der Waals surface area contributed by atoms with E-state index in [0.29, 0.717) is 21.6 Å². The lowest BCUT2D eigenvalue weighted by Gasteiger charge is -2.11. The molecule has 1 N–H and O–H groups in total. The van der Waals surface area contributed by atoms with Gasteiger partial charge in [-0.1, -0.05) is 17.8 Å². The predicted octanol–water partition coefficient (Wildman–Crippen LogP) is 4.96. The van der Waals surface area contributed by atoms with Crippen molar-refractivity contribution in [3.05, 3.63) is 44.8 Å². The number of thiazole rings is 1. The van der Waals surface area contributed by atoms with Crippen molar-refractivity contribution in [1.29, 1.82) is 0 Å². The summed E-state index contributed by atoms with van der Waals surface area (Å²) in [5.41, 5.74) is 2.41. The number of fused-ring (bicyclic) bond motifs is 3. The molecule has 1 amide bonds. The number of benzene rings is 1. The molecule has 7 nitrogen and oxygen atoms in total. The first-order valence-electron chi connectivity index (χ1n) is 11.6. The number of amides is 1. The molecule has 0 radical (unpaired) electrons. The molecule has 0 aliphatic carbocycles. The van der Waals surface area contributed by atoms with Gasteiger partial charge in [-0.3, -0.25) is 14.2 Å². The summed E-state index contributed by atoms with van der Waals surface area (Å²) in [6, 6.07) is 5.85. The second-order valence-electron chi connectivity index (χ2n) is 8.86. The van der Waals surface area contributed by atoms with Crippen molar-refractivity contribution in [3.8, 4) is 0 Å². The number of aryl methyl sites for hydroxylation is 2. The third-order valence-electron chi connectivity index (χ3n) is 6.63. The first kappa shape index (κ1) is 20.8. The summed E-state index contributed by atoms with van der Waals surface area (Å²) >= 11 is 2.99. The first-order valence-corrected chi connectivity index (χ1v) is 13.2. The van der Waals surface area contributed by atoms with Crippen molar-refractivity contribution in [2.45, 2.75) is 52.0 Å². The van der Waals surface area contributed by atoms with Crippen LogP contribution < -0.4 is 15.8 Å². The third-order valence-corrected chi connectivity index (χ3v) is 8.89. The molecule has 1 aromatic carbocycles. The summed E-state index contributed by atoms with van der Waals surface area (Å²) in [6.45, 7) is 4.69. The lowest BCUT2D eigenvalue weighted by atomic mass is 10.2. The predicted molar refractivity (Wildman–Crippen MR) is 135 cm³/mol. The number of thiophene rings is 1. The fraction of sp³-hybridized carbons (Fsp3) is 0.417. The van der Waals surface area contributed by atoms with Gasteiger partial charge < -0.3 is 10.2 Å². The van der Waals surface area contributed by atoms with Crippen LogP contribution in [0.1, 0.15) is 53.2 Å². The highest BCUT2D eigenvalue weighted by atomic mass is 32.1. The Morgan fingerprint density at radius 3 is 2.70 bits per heavy atom. The largest absolute Gasteiger partial charge is 0.348 e. The lowest BCUT2D eigenvalue weighted by molar-refractivity contribution is 0.103. The molecule has 170 valence electrons. The Bertz CT molecular complexity index is 1440. The second kappa shape index (κ2) is 8.22. The van der Waals surface area contributed by atoms with E-state index in [-0.39, 0.29) is 11.5 Å². The number of nitrogens with zero attached hydrogens (tertiary/aromatic N) is 4. The molecule has 0 saturated carbocycles. The van der Waals surface area contributed by atoms with Gasteiger partial charge in [0.2, 0.25) is 0 Å². The number of anilines is 2. The topological polar surface area (TPSA) is 80.1 Å². The maximum atomic E-state index is 13.2. The number of nitrogens with one attached hydrogen (secondary N) is 1. The molecule has 0 atom stereocenters. The summed E-state index contributed by atoms with van der Waals surface area (Å²) in [5, 5.41) is 4.67. The smallest absolute Gasteiger partial charge is 0.266 e. The zero-order chi connectivity index (χ0) is 22.5. The van der Waals surface area contributed by atoms with Gasteiger partial charge in [-0.15, -0.1) is 11.3 Å². The number of aromatic nitrogens is 3. The van der Waals surface area contributed by atoms with Crippen molar-refractivity contribution < 1.29 is 4.79 Å². The second-order valence-corrected chi connectivity index (χ2v) is 10.9. The van der Waals surface area contributed by atoms with Crippen molar-refractivity contribution in [2.75, 3.05) is 23.3 Å². The highest BCUT2D eigenvalue weighted by molar-refractivity contribution is 7.22. The average molecular weight is 480 g/mol. The fourth-order valence-electron chi connectivity index (χ4n) is 4.85. The summed E-state index contributed by atoms with van der Waals surface area (Å²) in [7, 11) is 0. The molecule has 4 aromatic rings. The van der Waals surface area contributed by atoms with E-state index in [9.17, 15) is 9.59 Å². The zero-order valence-electron chi connectivity index (χ0n) is 18.5. The maximum absolute atomic E-state index is 13.2. The minimum Gasteiger partial charge on any atom is -0.348 e. The summed E-state index contributed by atoms with van der Waals surface area (Å²) < 4.78 is 2.87. The SMILES string of the molecule is Cc1c(C(=O)Nc2ccc3nc(N4CCCC4)sc3c2)sc2nc3n(c(=O)c12)CCCCC3. The average Bonchev–Trinajstić information content (AvgIpc) is 3.50. The Morgan fingerprint density at radius 1 is 1.03 bits per heavy atom. The number of rotatable bonds is 3. The van der Waals surface area contributed by atoms with E-state index < -0.39 is 0 Å². The van der Waals surface area contributed by atoms with Gasteiger partial charge in [0.05, 0.1) is 20.5 Å². The highest BCUT2D eigenvalue weighted by Gasteiger charge is 2.23. The van der Waals surface area contributed by atoms with Crippen LogP contribution in [-0.2, 0) is 13.0 Å². The van der Waals surface area contributed by atoms with Gasteiger partial charge in [0.1, 0.15) is 10.7 Å².